The zero-order chi connectivity index (χ0) is 11.8. The average Bonchev–Trinajstić information content (AvgIpc) is 2.93. The van der Waals surface area contributed by atoms with Crippen LogP contribution >= 0.6 is 0 Å². The number of nitrogens with zero attached hydrogens (tertiary/aromatic N) is 1. The van der Waals surface area contributed by atoms with Crippen molar-refractivity contribution in [3.05, 3.63) is 35.7 Å². The van der Waals surface area contributed by atoms with E-state index in [-0.39, 0.29) is 5.91 Å². The number of likely N-dealkylation sites (tertiary alicyclic amines) is 1. The van der Waals surface area contributed by atoms with Crippen LogP contribution in [0, 0.1) is 18.8 Å². The van der Waals surface area contributed by atoms with Crippen molar-refractivity contribution in [1.82, 2.24) is 9.88 Å². The topological polar surface area (TPSA) is 36.1 Å². The van der Waals surface area contributed by atoms with E-state index in [0.29, 0.717) is 11.8 Å². The Labute approximate surface area is 102 Å². The summed E-state index contributed by atoms with van der Waals surface area (Å²) in [5.74, 6) is 1.56. The fraction of sp³-hybridized carbons (Fsp3) is 0.500. The molecule has 1 aromatic heterocycles. The van der Waals surface area contributed by atoms with Gasteiger partial charge in [-0.1, -0.05) is 12.2 Å². The first-order valence-corrected chi connectivity index (χ1v) is 6.34. The summed E-state index contributed by atoms with van der Waals surface area (Å²) in [5.41, 5.74) is 1.81. The lowest BCUT2D eigenvalue weighted by molar-refractivity contribution is 0.0783. The predicted octanol–water partition coefficient (Wildman–Crippen LogP) is 2.36. The average molecular weight is 230 g/mol. The maximum atomic E-state index is 12.4. The minimum absolute atomic E-state index is 0.193. The van der Waals surface area contributed by atoms with Crippen molar-refractivity contribution in [2.24, 2.45) is 11.8 Å². The van der Waals surface area contributed by atoms with E-state index in [9.17, 15) is 4.79 Å². The van der Waals surface area contributed by atoms with Crippen molar-refractivity contribution in [1.29, 1.82) is 0 Å². The second-order valence-corrected chi connectivity index (χ2v) is 5.19. The van der Waals surface area contributed by atoms with Crippen molar-refractivity contribution >= 4 is 5.91 Å². The molecule has 90 valence electrons. The number of carbonyl (C=O) groups excluding carboxylic acids is 1. The van der Waals surface area contributed by atoms with Gasteiger partial charge in [0.2, 0.25) is 0 Å². The van der Waals surface area contributed by atoms with Gasteiger partial charge in [-0.25, -0.2) is 0 Å². The lowest BCUT2D eigenvalue weighted by Crippen LogP contribution is -2.29. The van der Waals surface area contributed by atoms with Crippen LogP contribution < -0.4 is 0 Å². The van der Waals surface area contributed by atoms with Crippen LogP contribution in [0.3, 0.4) is 0 Å². The lowest BCUT2D eigenvalue weighted by Gasteiger charge is -2.17. The van der Waals surface area contributed by atoms with E-state index in [1.54, 1.807) is 0 Å². The quantitative estimate of drug-likeness (QED) is 0.739. The fourth-order valence-electron chi connectivity index (χ4n) is 3.04. The Morgan fingerprint density at radius 3 is 2.47 bits per heavy atom. The number of hydrogen-bond donors (Lipinski definition) is 1. The second-order valence-electron chi connectivity index (χ2n) is 5.19. The van der Waals surface area contributed by atoms with E-state index in [0.717, 1.165) is 37.2 Å². The van der Waals surface area contributed by atoms with Gasteiger partial charge >= 0.3 is 0 Å². The minimum atomic E-state index is 0.193. The molecule has 1 aliphatic carbocycles. The molecule has 1 amide bonds. The number of fused-ring (bicyclic) bond motifs is 1. The molecule has 1 aromatic rings. The molecule has 1 saturated heterocycles. The first-order chi connectivity index (χ1) is 8.25. The van der Waals surface area contributed by atoms with E-state index in [2.05, 4.69) is 17.1 Å². The van der Waals surface area contributed by atoms with Crippen LogP contribution in [-0.2, 0) is 0 Å². The van der Waals surface area contributed by atoms with Crippen molar-refractivity contribution in [3.8, 4) is 0 Å². The molecule has 3 nitrogen and oxygen atoms in total. The molecular formula is C14H18N2O. The number of nitrogens with one attached hydrogen (secondary N) is 1. The summed E-state index contributed by atoms with van der Waals surface area (Å²) in [7, 11) is 0. The number of allylic oxidation sites excluding steroid dienone is 2. The van der Waals surface area contributed by atoms with E-state index >= 15 is 0 Å². The van der Waals surface area contributed by atoms with Gasteiger partial charge in [-0.2, -0.15) is 0 Å². The summed E-state index contributed by atoms with van der Waals surface area (Å²) in [4.78, 5) is 17.5. The number of carbonyl (C=O) groups is 1. The molecule has 0 saturated carbocycles. The van der Waals surface area contributed by atoms with Gasteiger partial charge in [0, 0.05) is 25.0 Å². The largest absolute Gasteiger partial charge is 0.365 e. The third-order valence-electron chi connectivity index (χ3n) is 4.09. The van der Waals surface area contributed by atoms with E-state index in [1.807, 2.05) is 24.1 Å². The van der Waals surface area contributed by atoms with Crippen LogP contribution in [0.25, 0.3) is 0 Å². The summed E-state index contributed by atoms with van der Waals surface area (Å²) in [6.07, 6.45) is 8.64. The Hall–Kier alpha value is -1.51. The first-order valence-electron chi connectivity index (χ1n) is 6.34. The lowest BCUT2D eigenvalue weighted by atomic mass is 9.86. The minimum Gasteiger partial charge on any atom is -0.365 e. The van der Waals surface area contributed by atoms with Gasteiger partial charge in [0.25, 0.3) is 5.91 Å². The number of aryl methyl sites for hydroxylation is 1. The molecule has 2 heterocycles. The molecule has 1 N–H and O–H groups in total. The standard InChI is InChI=1S/C14H18N2O/c1-10-13(6-7-15-10)14(17)16-8-11-4-2-3-5-12(11)9-16/h2-3,6-7,11-12,15H,4-5,8-9H2,1H3. The zero-order valence-corrected chi connectivity index (χ0v) is 10.1. The van der Waals surface area contributed by atoms with Crippen LogP contribution in [0.5, 0.6) is 0 Å². The van der Waals surface area contributed by atoms with Gasteiger partial charge < -0.3 is 9.88 Å². The van der Waals surface area contributed by atoms with Gasteiger partial charge in [-0.3, -0.25) is 4.79 Å². The van der Waals surface area contributed by atoms with Crippen LogP contribution in [-0.4, -0.2) is 28.9 Å². The highest BCUT2D eigenvalue weighted by molar-refractivity contribution is 5.95. The van der Waals surface area contributed by atoms with E-state index in [4.69, 9.17) is 0 Å². The zero-order valence-electron chi connectivity index (χ0n) is 10.1. The van der Waals surface area contributed by atoms with Crippen LogP contribution in [0.4, 0.5) is 0 Å². The Morgan fingerprint density at radius 2 is 1.94 bits per heavy atom. The second kappa shape index (κ2) is 4.06. The summed E-state index contributed by atoms with van der Waals surface area (Å²) in [6, 6.07) is 1.89. The van der Waals surface area contributed by atoms with Crippen molar-refractivity contribution in [3.63, 3.8) is 0 Å². The molecule has 3 rings (SSSR count). The smallest absolute Gasteiger partial charge is 0.255 e. The number of rotatable bonds is 1. The molecule has 2 atom stereocenters. The number of aromatic amines is 1. The van der Waals surface area contributed by atoms with Crippen LogP contribution in [0.15, 0.2) is 24.4 Å². The first kappa shape index (κ1) is 10.6. The highest BCUT2D eigenvalue weighted by Crippen LogP contribution is 2.33. The molecule has 2 unspecified atom stereocenters. The molecular weight excluding hydrogens is 212 g/mol. The van der Waals surface area contributed by atoms with E-state index in [1.165, 1.54) is 0 Å². The monoisotopic (exact) mass is 230 g/mol. The summed E-state index contributed by atoms with van der Waals surface area (Å²) in [6.45, 7) is 3.81. The molecule has 2 aliphatic rings. The molecule has 0 bridgehead atoms. The normalized spacial score (nSPS) is 27.2. The third kappa shape index (κ3) is 1.79. The molecule has 1 fully saturated rings. The SMILES string of the molecule is Cc1[nH]ccc1C(=O)N1CC2CC=CCC2C1. The van der Waals surface area contributed by atoms with Gasteiger partial charge in [0.05, 0.1) is 5.56 Å². The predicted molar refractivity (Wildman–Crippen MR) is 66.8 cm³/mol. The van der Waals surface area contributed by atoms with Crippen molar-refractivity contribution in [2.75, 3.05) is 13.1 Å². The Bertz CT molecular complexity index is 445. The van der Waals surface area contributed by atoms with Gasteiger partial charge in [-0.05, 0) is 37.7 Å². The Balaban J connectivity index is 1.75. The Kier molecular flexibility index (Phi) is 2.54. The third-order valence-corrected chi connectivity index (χ3v) is 4.09. The number of amides is 1. The molecule has 0 spiro atoms. The molecule has 3 heteroatoms. The van der Waals surface area contributed by atoms with Crippen LogP contribution in [0.1, 0.15) is 28.9 Å². The molecule has 1 aliphatic heterocycles. The highest BCUT2D eigenvalue weighted by atomic mass is 16.2. The van der Waals surface area contributed by atoms with Crippen molar-refractivity contribution in [2.45, 2.75) is 19.8 Å². The van der Waals surface area contributed by atoms with Crippen molar-refractivity contribution < 1.29 is 4.79 Å². The highest BCUT2D eigenvalue weighted by Gasteiger charge is 2.35. The molecule has 17 heavy (non-hydrogen) atoms. The maximum absolute atomic E-state index is 12.4. The summed E-state index contributed by atoms with van der Waals surface area (Å²) >= 11 is 0. The number of H-pyrrole nitrogens is 1. The fourth-order valence-corrected chi connectivity index (χ4v) is 3.04. The van der Waals surface area contributed by atoms with Crippen LogP contribution in [0.2, 0.25) is 0 Å². The summed E-state index contributed by atoms with van der Waals surface area (Å²) < 4.78 is 0. The molecule has 0 radical (unpaired) electrons. The van der Waals surface area contributed by atoms with E-state index < -0.39 is 0 Å². The maximum Gasteiger partial charge on any atom is 0.255 e. The van der Waals surface area contributed by atoms with Gasteiger partial charge in [0.1, 0.15) is 0 Å². The van der Waals surface area contributed by atoms with Gasteiger partial charge in [0.15, 0.2) is 0 Å². The number of hydrogen-bond acceptors (Lipinski definition) is 1. The van der Waals surface area contributed by atoms with Gasteiger partial charge in [-0.15, -0.1) is 0 Å². The number of aromatic nitrogens is 1. The summed E-state index contributed by atoms with van der Waals surface area (Å²) in [5, 5.41) is 0. The Morgan fingerprint density at radius 1 is 1.29 bits per heavy atom. The molecule has 0 aromatic carbocycles.